The number of benzene rings is 2. The molecule has 1 fully saturated rings. The van der Waals surface area contributed by atoms with Crippen molar-refractivity contribution in [2.45, 2.75) is 31.3 Å². The summed E-state index contributed by atoms with van der Waals surface area (Å²) in [7, 11) is 2.07. The highest BCUT2D eigenvalue weighted by Crippen LogP contribution is 2.26. The van der Waals surface area contributed by atoms with Crippen LogP contribution in [0.25, 0.3) is 0 Å². The van der Waals surface area contributed by atoms with Gasteiger partial charge in [0.15, 0.2) is 0 Å². The van der Waals surface area contributed by atoms with E-state index in [1.54, 1.807) is 0 Å². The standard InChI is InChI=1S/C22H28N4O3/c1-26(17-10-11-17)13-12-24-21(27)15-20(25-22(23)28)16-6-5-9-19(14-16)29-18-7-3-2-4-8-18/h2-9,14,17,20H,10-13,15H2,1H3,(H,24,27)(H3,23,25,28). The molecule has 2 aromatic rings. The molecule has 3 amide bonds. The number of carbonyl (C=O) groups excluding carboxylic acids is 2. The lowest BCUT2D eigenvalue weighted by atomic mass is 10.0. The van der Waals surface area contributed by atoms with Gasteiger partial charge in [0.25, 0.3) is 0 Å². The topological polar surface area (TPSA) is 96.7 Å². The molecule has 4 N–H and O–H groups in total. The molecule has 0 heterocycles. The third-order valence-electron chi connectivity index (χ3n) is 4.90. The maximum Gasteiger partial charge on any atom is 0.312 e. The van der Waals surface area contributed by atoms with Crippen LogP contribution in [0.5, 0.6) is 11.5 Å². The van der Waals surface area contributed by atoms with Crippen LogP contribution in [0.15, 0.2) is 54.6 Å². The van der Waals surface area contributed by atoms with Gasteiger partial charge in [0, 0.05) is 19.1 Å². The number of nitrogens with two attached hydrogens (primary N) is 1. The van der Waals surface area contributed by atoms with Gasteiger partial charge in [0.05, 0.1) is 12.5 Å². The van der Waals surface area contributed by atoms with Crippen molar-refractivity contribution in [3.63, 3.8) is 0 Å². The second-order valence-electron chi connectivity index (χ2n) is 7.31. The number of primary amides is 1. The van der Waals surface area contributed by atoms with Gasteiger partial charge in [-0.3, -0.25) is 4.79 Å². The number of carbonyl (C=O) groups is 2. The molecule has 1 unspecified atom stereocenters. The minimum absolute atomic E-state index is 0.102. The third-order valence-corrected chi connectivity index (χ3v) is 4.90. The number of likely N-dealkylation sites (N-methyl/N-ethyl adjacent to an activating group) is 1. The van der Waals surface area contributed by atoms with E-state index >= 15 is 0 Å². The molecule has 29 heavy (non-hydrogen) atoms. The second kappa shape index (κ2) is 9.93. The van der Waals surface area contributed by atoms with E-state index in [1.807, 2.05) is 54.6 Å². The molecule has 7 nitrogen and oxygen atoms in total. The molecule has 1 atom stereocenters. The molecule has 0 aliphatic heterocycles. The molecule has 154 valence electrons. The van der Waals surface area contributed by atoms with Crippen molar-refractivity contribution >= 4 is 11.9 Å². The first-order valence-electron chi connectivity index (χ1n) is 9.87. The molecule has 3 rings (SSSR count). The number of nitrogens with one attached hydrogen (secondary N) is 2. The SMILES string of the molecule is CN(CCNC(=O)CC(NC(N)=O)c1cccc(Oc2ccccc2)c1)C1CC1. The molecule has 0 saturated heterocycles. The average molecular weight is 396 g/mol. The van der Waals surface area contributed by atoms with Gasteiger partial charge in [-0.15, -0.1) is 0 Å². The van der Waals surface area contributed by atoms with Crippen LogP contribution >= 0.6 is 0 Å². The van der Waals surface area contributed by atoms with E-state index in [9.17, 15) is 9.59 Å². The quantitative estimate of drug-likeness (QED) is 0.575. The molecular weight excluding hydrogens is 368 g/mol. The monoisotopic (exact) mass is 396 g/mol. The smallest absolute Gasteiger partial charge is 0.312 e. The van der Waals surface area contributed by atoms with Crippen LogP contribution in [0.3, 0.4) is 0 Å². The van der Waals surface area contributed by atoms with Crippen LogP contribution in [0, 0.1) is 0 Å². The Bertz CT molecular complexity index is 824. The predicted octanol–water partition coefficient (Wildman–Crippen LogP) is 2.79. The summed E-state index contributed by atoms with van der Waals surface area (Å²) >= 11 is 0. The van der Waals surface area contributed by atoms with Crippen molar-refractivity contribution in [3.8, 4) is 11.5 Å². The molecule has 1 saturated carbocycles. The van der Waals surface area contributed by atoms with E-state index in [1.165, 1.54) is 12.8 Å². The molecule has 0 spiro atoms. The largest absolute Gasteiger partial charge is 0.457 e. The number of hydrogen-bond donors (Lipinski definition) is 3. The number of nitrogens with zero attached hydrogens (tertiary/aromatic N) is 1. The zero-order valence-electron chi connectivity index (χ0n) is 16.6. The first-order chi connectivity index (χ1) is 14.0. The highest BCUT2D eigenvalue weighted by Gasteiger charge is 2.25. The number of urea groups is 1. The lowest BCUT2D eigenvalue weighted by molar-refractivity contribution is -0.121. The zero-order chi connectivity index (χ0) is 20.6. The van der Waals surface area contributed by atoms with Gasteiger partial charge in [0.2, 0.25) is 5.91 Å². The normalized spacial score (nSPS) is 14.3. The van der Waals surface area contributed by atoms with Crippen LogP contribution in [-0.4, -0.2) is 43.0 Å². The molecule has 1 aliphatic carbocycles. The Balaban J connectivity index is 1.60. The van der Waals surface area contributed by atoms with Gasteiger partial charge in [-0.2, -0.15) is 0 Å². The Morgan fingerprint density at radius 2 is 1.86 bits per heavy atom. The minimum atomic E-state index is -0.675. The fourth-order valence-corrected chi connectivity index (χ4v) is 3.17. The van der Waals surface area contributed by atoms with Crippen LogP contribution in [0.2, 0.25) is 0 Å². The zero-order valence-corrected chi connectivity index (χ0v) is 16.6. The Hall–Kier alpha value is -3.06. The first-order valence-corrected chi connectivity index (χ1v) is 9.87. The highest BCUT2D eigenvalue weighted by molar-refractivity contribution is 5.78. The van der Waals surface area contributed by atoms with Crippen molar-refractivity contribution in [2.75, 3.05) is 20.1 Å². The molecule has 0 aromatic heterocycles. The van der Waals surface area contributed by atoms with Gasteiger partial charge in [0.1, 0.15) is 11.5 Å². The molecule has 7 heteroatoms. The molecule has 2 aromatic carbocycles. The number of para-hydroxylation sites is 1. The fraction of sp³-hybridized carbons (Fsp3) is 0.364. The predicted molar refractivity (Wildman–Crippen MR) is 112 cm³/mol. The number of hydrogen-bond acceptors (Lipinski definition) is 4. The number of rotatable bonds is 10. The lowest BCUT2D eigenvalue weighted by Gasteiger charge is -2.20. The molecule has 1 aliphatic rings. The molecule has 0 bridgehead atoms. The minimum Gasteiger partial charge on any atom is -0.457 e. The fourth-order valence-electron chi connectivity index (χ4n) is 3.17. The van der Waals surface area contributed by atoms with E-state index in [2.05, 4.69) is 22.6 Å². The second-order valence-corrected chi connectivity index (χ2v) is 7.31. The van der Waals surface area contributed by atoms with Crippen molar-refractivity contribution in [3.05, 3.63) is 60.2 Å². The van der Waals surface area contributed by atoms with E-state index in [0.29, 0.717) is 24.1 Å². The van der Waals surface area contributed by atoms with Gasteiger partial charge in [-0.05, 0) is 49.7 Å². The van der Waals surface area contributed by atoms with Gasteiger partial charge in [-0.1, -0.05) is 30.3 Å². The molecule has 0 radical (unpaired) electrons. The van der Waals surface area contributed by atoms with Gasteiger partial charge in [-0.25, -0.2) is 4.79 Å². The summed E-state index contributed by atoms with van der Waals surface area (Å²) in [6, 6.07) is 16.2. The first kappa shape index (κ1) is 20.7. The molecular formula is C22H28N4O3. The lowest BCUT2D eigenvalue weighted by Crippen LogP contribution is -2.38. The number of amides is 3. The summed E-state index contributed by atoms with van der Waals surface area (Å²) in [5, 5.41) is 5.58. The maximum atomic E-state index is 12.4. The van der Waals surface area contributed by atoms with Gasteiger partial charge < -0.3 is 26.0 Å². The summed E-state index contributed by atoms with van der Waals surface area (Å²) in [6.07, 6.45) is 2.57. The average Bonchev–Trinajstić information content (AvgIpc) is 3.53. The number of ether oxygens (including phenoxy) is 1. The summed E-state index contributed by atoms with van der Waals surface area (Å²) < 4.78 is 5.85. The van der Waals surface area contributed by atoms with E-state index in [4.69, 9.17) is 10.5 Å². The Labute approximate surface area is 171 Å². The Morgan fingerprint density at radius 1 is 1.14 bits per heavy atom. The van der Waals surface area contributed by atoms with Crippen molar-refractivity contribution in [1.82, 2.24) is 15.5 Å². The van der Waals surface area contributed by atoms with Crippen molar-refractivity contribution in [2.24, 2.45) is 5.73 Å². The van der Waals surface area contributed by atoms with Gasteiger partial charge >= 0.3 is 6.03 Å². The van der Waals surface area contributed by atoms with Crippen LogP contribution < -0.4 is 21.1 Å². The Morgan fingerprint density at radius 3 is 2.55 bits per heavy atom. The maximum absolute atomic E-state index is 12.4. The van der Waals surface area contributed by atoms with Crippen molar-refractivity contribution < 1.29 is 14.3 Å². The van der Waals surface area contributed by atoms with E-state index in [-0.39, 0.29) is 12.3 Å². The summed E-state index contributed by atoms with van der Waals surface area (Å²) in [6.45, 7) is 1.39. The summed E-state index contributed by atoms with van der Waals surface area (Å²) in [5.41, 5.74) is 6.08. The van der Waals surface area contributed by atoms with Crippen LogP contribution in [0.4, 0.5) is 4.79 Å². The Kier molecular flexibility index (Phi) is 7.08. The van der Waals surface area contributed by atoms with Crippen LogP contribution in [0.1, 0.15) is 30.9 Å². The highest BCUT2D eigenvalue weighted by atomic mass is 16.5. The third kappa shape index (κ3) is 6.80. The van der Waals surface area contributed by atoms with E-state index in [0.717, 1.165) is 12.1 Å². The van der Waals surface area contributed by atoms with E-state index < -0.39 is 12.1 Å². The summed E-state index contributed by atoms with van der Waals surface area (Å²) in [5.74, 6) is 1.19. The van der Waals surface area contributed by atoms with Crippen molar-refractivity contribution in [1.29, 1.82) is 0 Å². The van der Waals surface area contributed by atoms with Crippen LogP contribution in [-0.2, 0) is 4.79 Å². The summed E-state index contributed by atoms with van der Waals surface area (Å²) in [4.78, 5) is 26.1.